The summed E-state index contributed by atoms with van der Waals surface area (Å²) in [4.78, 5) is 24.6. The van der Waals surface area contributed by atoms with Crippen LogP contribution in [0.3, 0.4) is 0 Å². The average molecular weight is 289 g/mol. The van der Waals surface area contributed by atoms with E-state index in [1.807, 2.05) is 13.8 Å². The maximum atomic E-state index is 12.1. The molecule has 0 aliphatic carbocycles. The standard InChI is InChI=1S/C16H19NO4/c1-11-9-17(10-12(2)21-11)15(18)8-5-13-3-6-14(7-4-13)16(19)20/h3-8,11-12H,9-10H2,1-2H3,(H,19,20). The van der Waals surface area contributed by atoms with Crippen molar-refractivity contribution in [2.45, 2.75) is 26.1 Å². The number of carboxylic acids is 1. The van der Waals surface area contributed by atoms with Crippen molar-refractivity contribution in [3.63, 3.8) is 0 Å². The molecule has 1 saturated heterocycles. The first kappa shape index (κ1) is 15.3. The Morgan fingerprint density at radius 1 is 1.19 bits per heavy atom. The molecule has 1 amide bonds. The van der Waals surface area contributed by atoms with Gasteiger partial charge in [0.15, 0.2) is 0 Å². The minimum atomic E-state index is -0.960. The zero-order valence-electron chi connectivity index (χ0n) is 12.2. The minimum Gasteiger partial charge on any atom is -0.478 e. The highest BCUT2D eigenvalue weighted by atomic mass is 16.5. The molecule has 0 bridgehead atoms. The highest BCUT2D eigenvalue weighted by Crippen LogP contribution is 2.12. The fourth-order valence-electron chi connectivity index (χ4n) is 2.37. The van der Waals surface area contributed by atoms with Gasteiger partial charge in [0, 0.05) is 19.2 Å². The number of benzene rings is 1. The zero-order chi connectivity index (χ0) is 15.4. The monoisotopic (exact) mass is 289 g/mol. The van der Waals surface area contributed by atoms with E-state index in [1.54, 1.807) is 23.1 Å². The fraction of sp³-hybridized carbons (Fsp3) is 0.375. The molecule has 0 spiro atoms. The lowest BCUT2D eigenvalue weighted by atomic mass is 10.1. The molecular weight excluding hydrogens is 270 g/mol. The van der Waals surface area contributed by atoms with Gasteiger partial charge < -0.3 is 14.7 Å². The van der Waals surface area contributed by atoms with Crippen LogP contribution in [0.4, 0.5) is 0 Å². The molecule has 1 heterocycles. The first-order valence-electron chi connectivity index (χ1n) is 6.91. The molecule has 1 fully saturated rings. The average Bonchev–Trinajstić information content (AvgIpc) is 2.44. The summed E-state index contributed by atoms with van der Waals surface area (Å²) < 4.78 is 5.59. The quantitative estimate of drug-likeness (QED) is 0.865. The Morgan fingerprint density at radius 2 is 1.76 bits per heavy atom. The van der Waals surface area contributed by atoms with Crippen LogP contribution < -0.4 is 0 Å². The lowest BCUT2D eigenvalue weighted by Crippen LogP contribution is -2.47. The number of nitrogens with zero attached hydrogens (tertiary/aromatic N) is 1. The predicted octanol–water partition coefficient (Wildman–Crippen LogP) is 2.03. The molecule has 2 atom stereocenters. The van der Waals surface area contributed by atoms with E-state index in [-0.39, 0.29) is 23.7 Å². The number of aromatic carboxylic acids is 1. The maximum absolute atomic E-state index is 12.1. The normalized spacial score (nSPS) is 22.5. The van der Waals surface area contributed by atoms with Crippen LogP contribution in [-0.2, 0) is 9.53 Å². The third kappa shape index (κ3) is 4.16. The largest absolute Gasteiger partial charge is 0.478 e. The smallest absolute Gasteiger partial charge is 0.335 e. The van der Waals surface area contributed by atoms with Gasteiger partial charge >= 0.3 is 5.97 Å². The number of rotatable bonds is 3. The van der Waals surface area contributed by atoms with Gasteiger partial charge in [0.25, 0.3) is 0 Å². The van der Waals surface area contributed by atoms with Crippen LogP contribution >= 0.6 is 0 Å². The number of hydrogen-bond donors (Lipinski definition) is 1. The van der Waals surface area contributed by atoms with Gasteiger partial charge in [-0.3, -0.25) is 4.79 Å². The summed E-state index contributed by atoms with van der Waals surface area (Å²) in [5, 5.41) is 8.82. The SMILES string of the molecule is CC1CN(C(=O)C=Cc2ccc(C(=O)O)cc2)CC(C)O1. The van der Waals surface area contributed by atoms with Crippen LogP contribution in [0.15, 0.2) is 30.3 Å². The number of morpholine rings is 1. The number of ether oxygens (including phenoxy) is 1. The van der Waals surface area contributed by atoms with Crippen molar-refractivity contribution in [1.82, 2.24) is 4.90 Å². The topological polar surface area (TPSA) is 66.8 Å². The third-order valence-electron chi connectivity index (χ3n) is 3.31. The number of amides is 1. The van der Waals surface area contributed by atoms with Crippen LogP contribution in [-0.4, -0.2) is 47.2 Å². The lowest BCUT2D eigenvalue weighted by molar-refractivity contribution is -0.137. The molecule has 1 N–H and O–H groups in total. The first-order valence-corrected chi connectivity index (χ1v) is 6.91. The molecule has 21 heavy (non-hydrogen) atoms. The van der Waals surface area contributed by atoms with E-state index in [0.717, 1.165) is 5.56 Å². The molecule has 0 aromatic heterocycles. The Balaban J connectivity index is 1.99. The lowest BCUT2D eigenvalue weighted by Gasteiger charge is -2.34. The Kier molecular flexibility index (Phi) is 4.75. The van der Waals surface area contributed by atoms with E-state index in [9.17, 15) is 9.59 Å². The van der Waals surface area contributed by atoms with Crippen molar-refractivity contribution in [3.05, 3.63) is 41.5 Å². The van der Waals surface area contributed by atoms with Crippen molar-refractivity contribution in [1.29, 1.82) is 0 Å². The number of carbonyl (C=O) groups excluding carboxylic acids is 1. The zero-order valence-corrected chi connectivity index (χ0v) is 12.2. The van der Waals surface area contributed by atoms with E-state index in [4.69, 9.17) is 9.84 Å². The number of carboxylic acid groups (broad SMARTS) is 1. The van der Waals surface area contributed by atoms with Crippen LogP contribution in [0.1, 0.15) is 29.8 Å². The predicted molar refractivity (Wildman–Crippen MR) is 79.0 cm³/mol. The molecule has 2 rings (SSSR count). The summed E-state index contributed by atoms with van der Waals surface area (Å²) >= 11 is 0. The summed E-state index contributed by atoms with van der Waals surface area (Å²) in [5.41, 5.74) is 1.03. The van der Waals surface area contributed by atoms with Gasteiger partial charge in [0.05, 0.1) is 17.8 Å². The van der Waals surface area contributed by atoms with Gasteiger partial charge in [0.2, 0.25) is 5.91 Å². The van der Waals surface area contributed by atoms with Gasteiger partial charge in [-0.25, -0.2) is 4.79 Å². The van der Waals surface area contributed by atoms with E-state index in [0.29, 0.717) is 13.1 Å². The Morgan fingerprint density at radius 3 is 2.29 bits per heavy atom. The van der Waals surface area contributed by atoms with Gasteiger partial charge in [-0.2, -0.15) is 0 Å². The summed E-state index contributed by atoms with van der Waals surface area (Å²) in [7, 11) is 0. The van der Waals surface area contributed by atoms with Crippen molar-refractivity contribution in [3.8, 4) is 0 Å². The second kappa shape index (κ2) is 6.54. The third-order valence-corrected chi connectivity index (χ3v) is 3.31. The summed E-state index contributed by atoms with van der Waals surface area (Å²) in [6.45, 7) is 5.07. The molecule has 5 heteroatoms. The molecule has 1 aromatic carbocycles. The van der Waals surface area contributed by atoms with E-state index < -0.39 is 5.97 Å². The van der Waals surface area contributed by atoms with Gasteiger partial charge in [-0.15, -0.1) is 0 Å². The molecule has 1 aromatic rings. The van der Waals surface area contributed by atoms with E-state index in [2.05, 4.69) is 0 Å². The summed E-state index contributed by atoms with van der Waals surface area (Å²) in [6.07, 6.45) is 3.29. The second-order valence-corrected chi connectivity index (χ2v) is 5.26. The summed E-state index contributed by atoms with van der Waals surface area (Å²) in [6, 6.07) is 6.40. The highest BCUT2D eigenvalue weighted by Gasteiger charge is 2.24. The van der Waals surface area contributed by atoms with Crippen LogP contribution in [0, 0.1) is 0 Å². The van der Waals surface area contributed by atoms with Gasteiger partial charge in [0.1, 0.15) is 0 Å². The van der Waals surface area contributed by atoms with E-state index in [1.165, 1.54) is 18.2 Å². The second-order valence-electron chi connectivity index (χ2n) is 5.26. The van der Waals surface area contributed by atoms with Crippen molar-refractivity contribution in [2.75, 3.05) is 13.1 Å². The van der Waals surface area contributed by atoms with Crippen molar-refractivity contribution >= 4 is 18.0 Å². The van der Waals surface area contributed by atoms with E-state index >= 15 is 0 Å². The van der Waals surface area contributed by atoms with Crippen LogP contribution in [0.25, 0.3) is 6.08 Å². The molecule has 112 valence electrons. The molecule has 5 nitrogen and oxygen atoms in total. The number of hydrogen-bond acceptors (Lipinski definition) is 3. The van der Waals surface area contributed by atoms with Crippen molar-refractivity contribution in [2.24, 2.45) is 0 Å². The van der Waals surface area contributed by atoms with Crippen LogP contribution in [0.2, 0.25) is 0 Å². The Bertz CT molecular complexity index is 540. The number of carbonyl (C=O) groups is 2. The first-order chi connectivity index (χ1) is 9.95. The van der Waals surface area contributed by atoms with Crippen LogP contribution in [0.5, 0.6) is 0 Å². The molecule has 0 radical (unpaired) electrons. The van der Waals surface area contributed by atoms with Gasteiger partial charge in [-0.1, -0.05) is 12.1 Å². The van der Waals surface area contributed by atoms with Crippen molar-refractivity contribution < 1.29 is 19.4 Å². The maximum Gasteiger partial charge on any atom is 0.335 e. The fourth-order valence-corrected chi connectivity index (χ4v) is 2.37. The summed E-state index contributed by atoms with van der Waals surface area (Å²) in [5.74, 6) is -1.02. The molecular formula is C16H19NO4. The Labute approximate surface area is 123 Å². The minimum absolute atomic E-state index is 0.0425. The molecule has 1 aliphatic rings. The molecule has 1 aliphatic heterocycles. The Hall–Kier alpha value is -2.14. The van der Waals surface area contributed by atoms with Gasteiger partial charge in [-0.05, 0) is 37.6 Å². The molecule has 0 saturated carbocycles. The molecule has 2 unspecified atom stereocenters. The highest BCUT2D eigenvalue weighted by molar-refractivity contribution is 5.92.